The average Bonchev–Trinajstić information content (AvgIpc) is 3.59. The molecule has 10 heteroatoms. The number of hydrogen-bond donors (Lipinski definition) is 2. The summed E-state index contributed by atoms with van der Waals surface area (Å²) in [6, 6.07) is 11.3. The lowest BCUT2D eigenvalue weighted by Crippen LogP contribution is -2.51. The molecule has 5 rings (SSSR count). The Morgan fingerprint density at radius 3 is 2.48 bits per heavy atom. The van der Waals surface area contributed by atoms with E-state index in [-0.39, 0.29) is 24.8 Å². The van der Waals surface area contributed by atoms with Crippen molar-refractivity contribution >= 4 is 5.91 Å². The zero-order valence-corrected chi connectivity index (χ0v) is 23.0. The standard InChI is InChI=1S/C30H39F3N4O3/c1-2-13-36-14-10-25(11-15-36)37-19-24(35-18-22-3-6-23(7-4-22)30(31,32)33)17-26(37)29(38)34-12-9-21-5-8-27-28(16-21)40-20-39-27/h3-8,16,24-26,35H,2,9-15,17-20H2,1H3,(H,34,38)/t24-,26-/m0/s1. The molecule has 7 nitrogen and oxygen atoms in total. The minimum Gasteiger partial charge on any atom is -0.454 e. The summed E-state index contributed by atoms with van der Waals surface area (Å²) in [6.07, 6.45) is 0.234. The molecule has 0 radical (unpaired) electrons. The molecule has 1 amide bonds. The minimum atomic E-state index is -4.34. The van der Waals surface area contributed by atoms with Crippen LogP contribution in [-0.4, -0.2) is 73.3 Å². The summed E-state index contributed by atoms with van der Waals surface area (Å²) >= 11 is 0. The monoisotopic (exact) mass is 560 g/mol. The summed E-state index contributed by atoms with van der Waals surface area (Å²) in [5.74, 6) is 1.52. The van der Waals surface area contributed by atoms with Crippen LogP contribution in [0.3, 0.4) is 0 Å². The molecule has 2 aromatic rings. The number of carbonyl (C=O) groups is 1. The number of amides is 1. The van der Waals surface area contributed by atoms with Crippen molar-refractivity contribution in [3.63, 3.8) is 0 Å². The zero-order chi connectivity index (χ0) is 28.1. The molecular weight excluding hydrogens is 521 g/mol. The number of piperidine rings is 1. The summed E-state index contributed by atoms with van der Waals surface area (Å²) in [5.41, 5.74) is 1.23. The van der Waals surface area contributed by atoms with Gasteiger partial charge in [-0.05, 0) is 87.1 Å². The van der Waals surface area contributed by atoms with Crippen molar-refractivity contribution in [3.8, 4) is 11.5 Å². The van der Waals surface area contributed by atoms with Crippen molar-refractivity contribution in [2.75, 3.05) is 39.5 Å². The van der Waals surface area contributed by atoms with Crippen LogP contribution in [0.1, 0.15) is 49.3 Å². The maximum absolute atomic E-state index is 13.5. The minimum absolute atomic E-state index is 0.0376. The Balaban J connectivity index is 1.18. The molecule has 0 bridgehead atoms. The molecule has 3 aliphatic rings. The van der Waals surface area contributed by atoms with E-state index >= 15 is 0 Å². The molecule has 0 aliphatic carbocycles. The first-order chi connectivity index (χ1) is 19.3. The molecule has 0 aromatic heterocycles. The fourth-order valence-corrected chi connectivity index (χ4v) is 6.08. The van der Waals surface area contributed by atoms with E-state index in [1.165, 1.54) is 12.1 Å². The second-order valence-corrected chi connectivity index (χ2v) is 11.0. The van der Waals surface area contributed by atoms with Crippen LogP contribution in [0.15, 0.2) is 42.5 Å². The first-order valence-electron chi connectivity index (χ1n) is 14.3. The maximum Gasteiger partial charge on any atom is 0.416 e. The van der Waals surface area contributed by atoms with Crippen molar-refractivity contribution in [1.29, 1.82) is 0 Å². The Hall–Kier alpha value is -2.82. The molecule has 0 unspecified atom stereocenters. The van der Waals surface area contributed by atoms with E-state index in [0.29, 0.717) is 32.0 Å². The normalized spacial score (nSPS) is 22.1. The number of hydrogen-bond acceptors (Lipinski definition) is 6. The van der Waals surface area contributed by atoms with Crippen LogP contribution in [-0.2, 0) is 23.9 Å². The molecule has 40 heavy (non-hydrogen) atoms. The highest BCUT2D eigenvalue weighted by Crippen LogP contribution is 2.33. The van der Waals surface area contributed by atoms with Crippen molar-refractivity contribution in [2.45, 2.75) is 69.9 Å². The van der Waals surface area contributed by atoms with E-state index in [1.54, 1.807) is 0 Å². The van der Waals surface area contributed by atoms with Gasteiger partial charge < -0.3 is 25.0 Å². The Morgan fingerprint density at radius 2 is 1.75 bits per heavy atom. The number of halogens is 3. The third kappa shape index (κ3) is 7.08. The molecule has 2 fully saturated rings. The lowest BCUT2D eigenvalue weighted by atomic mass is 10.0. The lowest BCUT2D eigenvalue weighted by molar-refractivity contribution is -0.137. The van der Waals surface area contributed by atoms with Gasteiger partial charge in [-0.3, -0.25) is 9.69 Å². The van der Waals surface area contributed by atoms with Gasteiger partial charge in [-0.15, -0.1) is 0 Å². The zero-order valence-electron chi connectivity index (χ0n) is 23.0. The van der Waals surface area contributed by atoms with Gasteiger partial charge in [0.05, 0.1) is 11.6 Å². The van der Waals surface area contributed by atoms with Gasteiger partial charge >= 0.3 is 6.18 Å². The fourth-order valence-electron chi connectivity index (χ4n) is 6.08. The lowest BCUT2D eigenvalue weighted by Gasteiger charge is -2.39. The van der Waals surface area contributed by atoms with Crippen LogP contribution in [0.25, 0.3) is 0 Å². The van der Waals surface area contributed by atoms with E-state index in [2.05, 4.69) is 27.4 Å². The van der Waals surface area contributed by atoms with Gasteiger partial charge in [-0.25, -0.2) is 0 Å². The summed E-state index contributed by atoms with van der Waals surface area (Å²) in [4.78, 5) is 18.3. The first kappa shape index (κ1) is 28.7. The van der Waals surface area contributed by atoms with Crippen LogP contribution in [0.4, 0.5) is 13.2 Å². The largest absolute Gasteiger partial charge is 0.454 e. The summed E-state index contributed by atoms with van der Waals surface area (Å²) < 4.78 is 49.6. The smallest absolute Gasteiger partial charge is 0.416 e. The Labute approximate surface area is 234 Å². The van der Waals surface area contributed by atoms with Crippen molar-refractivity contribution in [1.82, 2.24) is 20.4 Å². The molecule has 0 spiro atoms. The van der Waals surface area contributed by atoms with Crippen LogP contribution in [0.5, 0.6) is 11.5 Å². The molecular formula is C30H39F3N4O3. The first-order valence-corrected chi connectivity index (χ1v) is 14.3. The summed E-state index contributed by atoms with van der Waals surface area (Å²) in [5, 5.41) is 6.66. The molecule has 2 aromatic carbocycles. The van der Waals surface area contributed by atoms with Crippen LogP contribution in [0.2, 0.25) is 0 Å². The fraction of sp³-hybridized carbons (Fsp3) is 0.567. The number of carbonyl (C=O) groups excluding carboxylic acids is 1. The molecule has 3 aliphatic heterocycles. The number of benzene rings is 2. The molecule has 2 atom stereocenters. The van der Waals surface area contributed by atoms with E-state index in [4.69, 9.17) is 9.47 Å². The van der Waals surface area contributed by atoms with Crippen molar-refractivity contribution in [2.24, 2.45) is 0 Å². The average molecular weight is 561 g/mol. The summed E-state index contributed by atoms with van der Waals surface area (Å²) in [7, 11) is 0. The second kappa shape index (κ2) is 12.8. The molecule has 2 N–H and O–H groups in total. The number of ether oxygens (including phenoxy) is 2. The van der Waals surface area contributed by atoms with Gasteiger partial charge in [0, 0.05) is 31.7 Å². The number of likely N-dealkylation sites (tertiary alicyclic amines) is 2. The topological polar surface area (TPSA) is 66.1 Å². The molecule has 0 saturated carbocycles. The highest BCUT2D eigenvalue weighted by molar-refractivity contribution is 5.82. The molecule has 3 heterocycles. The van der Waals surface area contributed by atoms with E-state index in [0.717, 1.165) is 80.2 Å². The number of nitrogens with one attached hydrogen (secondary N) is 2. The number of nitrogens with zero attached hydrogens (tertiary/aromatic N) is 2. The molecule has 218 valence electrons. The van der Waals surface area contributed by atoms with Gasteiger partial charge in [0.15, 0.2) is 11.5 Å². The van der Waals surface area contributed by atoms with Crippen LogP contribution >= 0.6 is 0 Å². The van der Waals surface area contributed by atoms with Crippen LogP contribution < -0.4 is 20.1 Å². The van der Waals surface area contributed by atoms with Gasteiger partial charge in [-0.2, -0.15) is 13.2 Å². The Kier molecular flexibility index (Phi) is 9.17. The predicted molar refractivity (Wildman–Crippen MR) is 146 cm³/mol. The van der Waals surface area contributed by atoms with Gasteiger partial charge in [-0.1, -0.05) is 25.1 Å². The van der Waals surface area contributed by atoms with Gasteiger partial charge in [0.25, 0.3) is 0 Å². The van der Waals surface area contributed by atoms with E-state index in [1.807, 2.05) is 18.2 Å². The number of rotatable bonds is 10. The maximum atomic E-state index is 13.5. The highest BCUT2D eigenvalue weighted by atomic mass is 19.4. The SMILES string of the molecule is CCCN1CCC(N2C[C@@H](NCc3ccc(C(F)(F)F)cc3)C[C@H]2C(=O)NCCc2ccc3c(c2)OCO3)CC1. The van der Waals surface area contributed by atoms with Gasteiger partial charge in [0.2, 0.25) is 12.7 Å². The van der Waals surface area contributed by atoms with Crippen molar-refractivity contribution < 1.29 is 27.4 Å². The van der Waals surface area contributed by atoms with E-state index in [9.17, 15) is 18.0 Å². The van der Waals surface area contributed by atoms with Gasteiger partial charge in [0.1, 0.15) is 0 Å². The predicted octanol–water partition coefficient (Wildman–Crippen LogP) is 4.20. The highest BCUT2D eigenvalue weighted by Gasteiger charge is 2.41. The Morgan fingerprint density at radius 1 is 1.02 bits per heavy atom. The Bertz CT molecular complexity index is 1140. The quantitative estimate of drug-likeness (QED) is 0.454. The van der Waals surface area contributed by atoms with Crippen LogP contribution in [0, 0.1) is 0 Å². The summed E-state index contributed by atoms with van der Waals surface area (Å²) in [6.45, 7) is 7.36. The second-order valence-electron chi connectivity index (χ2n) is 11.0. The van der Waals surface area contributed by atoms with Crippen molar-refractivity contribution in [3.05, 3.63) is 59.2 Å². The number of alkyl halides is 3. The third-order valence-electron chi connectivity index (χ3n) is 8.23. The van der Waals surface area contributed by atoms with E-state index < -0.39 is 11.7 Å². The third-order valence-corrected chi connectivity index (χ3v) is 8.23. The molecule has 2 saturated heterocycles. The number of fused-ring (bicyclic) bond motifs is 1.